The summed E-state index contributed by atoms with van der Waals surface area (Å²) in [5.41, 5.74) is 1.11. The fourth-order valence-corrected chi connectivity index (χ4v) is 2.95. The average molecular weight is 302 g/mol. The van der Waals surface area contributed by atoms with Gasteiger partial charge in [0, 0.05) is 18.5 Å². The highest BCUT2D eigenvalue weighted by atomic mass is 16.6. The molecule has 6 heteroatoms. The van der Waals surface area contributed by atoms with Crippen molar-refractivity contribution in [2.75, 3.05) is 6.54 Å². The Labute approximate surface area is 128 Å². The second-order valence-electron chi connectivity index (χ2n) is 5.49. The Balaban J connectivity index is 1.88. The number of carbonyl (C=O) groups excluding carboxylic acids is 3. The third-order valence-corrected chi connectivity index (χ3v) is 4.03. The lowest BCUT2D eigenvalue weighted by Crippen LogP contribution is -2.46. The predicted octanol–water partition coefficient (Wildman–Crippen LogP) is 1.37. The Morgan fingerprint density at radius 1 is 1.36 bits per heavy atom. The van der Waals surface area contributed by atoms with Gasteiger partial charge in [0.2, 0.25) is 18.0 Å². The van der Waals surface area contributed by atoms with Gasteiger partial charge in [0.25, 0.3) is 0 Å². The highest BCUT2D eigenvalue weighted by Gasteiger charge is 2.46. The maximum Gasteiger partial charge on any atom is 0.340 e. The molecule has 1 aromatic rings. The average Bonchev–Trinajstić information content (AvgIpc) is 3.06. The standard InChI is InChI=1S/C16H18N2O4/c1-2-9-17-14(20)12-7-8-13(19)18(12)15-10-5-3-4-6-11(10)16(21)22-15/h3-6,12,15H,2,7-9H2,1H3,(H,17,20)/t12-,15-/m1/s1. The molecule has 1 fully saturated rings. The van der Waals surface area contributed by atoms with Crippen LogP contribution < -0.4 is 5.32 Å². The highest BCUT2D eigenvalue weighted by molar-refractivity contribution is 5.96. The number of rotatable bonds is 4. The zero-order chi connectivity index (χ0) is 15.7. The minimum absolute atomic E-state index is 0.161. The molecule has 0 bridgehead atoms. The largest absolute Gasteiger partial charge is 0.433 e. The van der Waals surface area contributed by atoms with Crippen molar-refractivity contribution in [2.24, 2.45) is 0 Å². The summed E-state index contributed by atoms with van der Waals surface area (Å²) in [5.74, 6) is -0.799. The minimum Gasteiger partial charge on any atom is -0.433 e. The Morgan fingerprint density at radius 2 is 2.14 bits per heavy atom. The van der Waals surface area contributed by atoms with Crippen LogP contribution in [0, 0.1) is 0 Å². The van der Waals surface area contributed by atoms with Crippen LogP contribution in [0.25, 0.3) is 0 Å². The molecule has 1 N–H and O–H groups in total. The summed E-state index contributed by atoms with van der Waals surface area (Å²) in [7, 11) is 0. The predicted molar refractivity (Wildman–Crippen MR) is 77.8 cm³/mol. The van der Waals surface area contributed by atoms with Crippen molar-refractivity contribution in [3.8, 4) is 0 Å². The van der Waals surface area contributed by atoms with Crippen molar-refractivity contribution in [1.82, 2.24) is 10.2 Å². The molecule has 0 saturated carbocycles. The lowest BCUT2D eigenvalue weighted by atomic mass is 10.1. The monoisotopic (exact) mass is 302 g/mol. The second-order valence-corrected chi connectivity index (χ2v) is 5.49. The molecule has 2 atom stereocenters. The molecule has 0 aliphatic carbocycles. The summed E-state index contributed by atoms with van der Waals surface area (Å²) in [4.78, 5) is 37.8. The number of hydrogen-bond donors (Lipinski definition) is 1. The van der Waals surface area contributed by atoms with Gasteiger partial charge in [-0.15, -0.1) is 0 Å². The quantitative estimate of drug-likeness (QED) is 0.852. The van der Waals surface area contributed by atoms with Crippen molar-refractivity contribution >= 4 is 17.8 Å². The number of cyclic esters (lactones) is 1. The van der Waals surface area contributed by atoms with E-state index in [0.717, 1.165) is 6.42 Å². The van der Waals surface area contributed by atoms with Crippen LogP contribution >= 0.6 is 0 Å². The number of ether oxygens (including phenoxy) is 1. The molecule has 2 amide bonds. The number of likely N-dealkylation sites (tertiary alicyclic amines) is 1. The van der Waals surface area contributed by atoms with Gasteiger partial charge >= 0.3 is 5.97 Å². The molecule has 0 radical (unpaired) electrons. The SMILES string of the molecule is CCCNC(=O)[C@H]1CCC(=O)N1[C@@H]1OC(=O)c2ccccc21. The molecule has 6 nitrogen and oxygen atoms in total. The molecule has 2 aliphatic heterocycles. The van der Waals surface area contributed by atoms with E-state index >= 15 is 0 Å². The van der Waals surface area contributed by atoms with Crippen LogP contribution in [-0.2, 0) is 14.3 Å². The Kier molecular flexibility index (Phi) is 3.83. The molecule has 1 aromatic carbocycles. The summed E-state index contributed by atoms with van der Waals surface area (Å²) in [6, 6.07) is 6.39. The Hall–Kier alpha value is -2.37. The number of nitrogens with zero attached hydrogens (tertiary/aromatic N) is 1. The van der Waals surface area contributed by atoms with Crippen molar-refractivity contribution in [2.45, 2.75) is 38.5 Å². The number of nitrogens with one attached hydrogen (secondary N) is 1. The molecule has 2 aliphatic rings. The molecule has 2 heterocycles. The van der Waals surface area contributed by atoms with Crippen molar-refractivity contribution in [1.29, 1.82) is 0 Å². The lowest BCUT2D eigenvalue weighted by Gasteiger charge is -2.29. The second kappa shape index (κ2) is 5.79. The van der Waals surface area contributed by atoms with Crippen LogP contribution in [0.2, 0.25) is 0 Å². The van der Waals surface area contributed by atoms with E-state index in [4.69, 9.17) is 4.74 Å². The fraction of sp³-hybridized carbons (Fsp3) is 0.438. The van der Waals surface area contributed by atoms with Gasteiger partial charge < -0.3 is 10.1 Å². The Morgan fingerprint density at radius 3 is 2.91 bits per heavy atom. The zero-order valence-corrected chi connectivity index (χ0v) is 12.4. The molecule has 3 rings (SSSR count). The van der Waals surface area contributed by atoms with Gasteiger partial charge in [-0.3, -0.25) is 14.5 Å². The van der Waals surface area contributed by atoms with E-state index in [1.807, 2.05) is 6.92 Å². The van der Waals surface area contributed by atoms with E-state index in [2.05, 4.69) is 5.32 Å². The summed E-state index contributed by atoms with van der Waals surface area (Å²) in [6.07, 6.45) is 0.773. The summed E-state index contributed by atoms with van der Waals surface area (Å²) < 4.78 is 5.36. The molecule has 22 heavy (non-hydrogen) atoms. The van der Waals surface area contributed by atoms with Gasteiger partial charge in [-0.05, 0) is 18.9 Å². The smallest absolute Gasteiger partial charge is 0.340 e. The van der Waals surface area contributed by atoms with Crippen LogP contribution in [0.3, 0.4) is 0 Å². The maximum atomic E-state index is 12.3. The molecule has 0 spiro atoms. The first-order chi connectivity index (χ1) is 10.6. The third-order valence-electron chi connectivity index (χ3n) is 4.03. The Bertz CT molecular complexity index is 628. The van der Waals surface area contributed by atoms with Crippen molar-refractivity contribution < 1.29 is 19.1 Å². The van der Waals surface area contributed by atoms with E-state index < -0.39 is 18.2 Å². The van der Waals surface area contributed by atoms with Gasteiger partial charge in [-0.2, -0.15) is 0 Å². The fourth-order valence-electron chi connectivity index (χ4n) is 2.95. The molecular weight excluding hydrogens is 284 g/mol. The van der Waals surface area contributed by atoms with Gasteiger partial charge in [0.05, 0.1) is 5.56 Å². The van der Waals surface area contributed by atoms with E-state index in [9.17, 15) is 14.4 Å². The van der Waals surface area contributed by atoms with E-state index in [-0.39, 0.29) is 11.8 Å². The number of carbonyl (C=O) groups is 3. The summed E-state index contributed by atoms with van der Waals surface area (Å²) in [5, 5.41) is 2.81. The minimum atomic E-state index is -0.795. The van der Waals surface area contributed by atoms with Crippen LogP contribution in [0.15, 0.2) is 24.3 Å². The number of amides is 2. The number of benzene rings is 1. The van der Waals surface area contributed by atoms with Gasteiger partial charge in [-0.1, -0.05) is 25.1 Å². The highest BCUT2D eigenvalue weighted by Crippen LogP contribution is 2.38. The van der Waals surface area contributed by atoms with Crippen LogP contribution in [0.1, 0.15) is 48.3 Å². The van der Waals surface area contributed by atoms with Crippen LogP contribution in [0.5, 0.6) is 0 Å². The summed E-state index contributed by atoms with van der Waals surface area (Å²) in [6.45, 7) is 2.53. The lowest BCUT2D eigenvalue weighted by molar-refractivity contribution is -0.145. The van der Waals surface area contributed by atoms with Crippen LogP contribution in [0.4, 0.5) is 0 Å². The topological polar surface area (TPSA) is 75.7 Å². The molecule has 1 saturated heterocycles. The third kappa shape index (κ3) is 2.34. The zero-order valence-electron chi connectivity index (χ0n) is 12.4. The van der Waals surface area contributed by atoms with E-state index in [0.29, 0.717) is 30.5 Å². The van der Waals surface area contributed by atoms with Gasteiger partial charge in [0.1, 0.15) is 6.04 Å². The summed E-state index contributed by atoms with van der Waals surface area (Å²) >= 11 is 0. The normalized spacial score (nSPS) is 23.4. The van der Waals surface area contributed by atoms with Crippen LogP contribution in [-0.4, -0.2) is 35.3 Å². The van der Waals surface area contributed by atoms with Crippen molar-refractivity contribution in [3.63, 3.8) is 0 Å². The van der Waals surface area contributed by atoms with Gasteiger partial charge in [0.15, 0.2) is 0 Å². The van der Waals surface area contributed by atoms with E-state index in [1.54, 1.807) is 24.3 Å². The maximum absolute atomic E-state index is 12.3. The first-order valence-electron chi connectivity index (χ1n) is 7.52. The first-order valence-corrected chi connectivity index (χ1v) is 7.52. The number of fused-ring (bicyclic) bond motifs is 1. The van der Waals surface area contributed by atoms with Crippen molar-refractivity contribution in [3.05, 3.63) is 35.4 Å². The molecule has 0 unspecified atom stereocenters. The van der Waals surface area contributed by atoms with E-state index in [1.165, 1.54) is 4.90 Å². The number of hydrogen-bond acceptors (Lipinski definition) is 4. The first kappa shape index (κ1) is 14.6. The van der Waals surface area contributed by atoms with Gasteiger partial charge in [-0.25, -0.2) is 4.79 Å². The number of esters is 1. The molecular formula is C16H18N2O4. The molecule has 116 valence electrons. The molecule has 0 aromatic heterocycles.